The molecule has 1 unspecified atom stereocenters. The Labute approximate surface area is 127 Å². The predicted molar refractivity (Wildman–Crippen MR) is 83.7 cm³/mol. The van der Waals surface area contributed by atoms with Crippen LogP contribution in [0.1, 0.15) is 38.4 Å². The van der Waals surface area contributed by atoms with E-state index in [0.717, 1.165) is 45.9 Å². The zero-order chi connectivity index (χ0) is 14.7. The molecule has 21 heavy (non-hydrogen) atoms. The largest absolute Gasteiger partial charge is 0.379 e. The number of imidazole rings is 1. The molecule has 0 aliphatic carbocycles. The van der Waals surface area contributed by atoms with Gasteiger partial charge in [-0.1, -0.05) is 6.92 Å². The minimum atomic E-state index is 0.265. The Morgan fingerprint density at radius 3 is 2.76 bits per heavy atom. The molecule has 1 aromatic heterocycles. The number of ether oxygens (including phenoxy) is 1. The van der Waals surface area contributed by atoms with Crippen molar-refractivity contribution in [1.82, 2.24) is 19.8 Å². The Morgan fingerprint density at radius 1 is 1.33 bits per heavy atom. The normalized spacial score (nSPS) is 24.9. The van der Waals surface area contributed by atoms with Crippen LogP contribution in [0.3, 0.4) is 0 Å². The van der Waals surface area contributed by atoms with Gasteiger partial charge in [0.1, 0.15) is 0 Å². The number of nitrogens with one attached hydrogen (secondary N) is 1. The number of rotatable bonds is 4. The van der Waals surface area contributed by atoms with E-state index in [2.05, 4.69) is 39.8 Å². The zero-order valence-electron chi connectivity index (χ0n) is 13.3. The van der Waals surface area contributed by atoms with Crippen LogP contribution in [-0.4, -0.2) is 60.4 Å². The van der Waals surface area contributed by atoms with E-state index < -0.39 is 0 Å². The zero-order valence-corrected chi connectivity index (χ0v) is 13.3. The van der Waals surface area contributed by atoms with Crippen LogP contribution in [0.15, 0.2) is 12.5 Å². The summed E-state index contributed by atoms with van der Waals surface area (Å²) in [5.41, 5.74) is 1.67. The van der Waals surface area contributed by atoms with Crippen molar-refractivity contribution in [3.05, 3.63) is 18.2 Å². The van der Waals surface area contributed by atoms with Crippen LogP contribution in [-0.2, 0) is 10.2 Å². The fourth-order valence-corrected chi connectivity index (χ4v) is 3.60. The van der Waals surface area contributed by atoms with Gasteiger partial charge in [0.2, 0.25) is 0 Å². The molecule has 1 N–H and O–H groups in total. The molecule has 0 amide bonds. The molecule has 1 atom stereocenters. The third kappa shape index (κ3) is 3.30. The van der Waals surface area contributed by atoms with Crippen LogP contribution in [0.2, 0.25) is 0 Å². The van der Waals surface area contributed by atoms with Gasteiger partial charge in [0.05, 0.1) is 19.5 Å². The summed E-state index contributed by atoms with van der Waals surface area (Å²) in [6, 6.07) is 0.465. The van der Waals surface area contributed by atoms with E-state index in [-0.39, 0.29) is 5.41 Å². The van der Waals surface area contributed by atoms with Gasteiger partial charge in [0.15, 0.2) is 0 Å². The number of morpholine rings is 1. The molecular formula is C16H28N4O. The van der Waals surface area contributed by atoms with Crippen molar-refractivity contribution in [3.63, 3.8) is 0 Å². The summed E-state index contributed by atoms with van der Waals surface area (Å²) in [7, 11) is 0. The second-order valence-electron chi connectivity index (χ2n) is 6.76. The maximum absolute atomic E-state index is 5.44. The first-order valence-electron chi connectivity index (χ1n) is 8.22. The lowest BCUT2D eigenvalue weighted by Gasteiger charge is -2.37. The van der Waals surface area contributed by atoms with Gasteiger partial charge in [0, 0.05) is 43.0 Å². The summed E-state index contributed by atoms with van der Waals surface area (Å²) < 4.78 is 7.84. The lowest BCUT2D eigenvalue weighted by molar-refractivity contribution is 0.0322. The minimum Gasteiger partial charge on any atom is -0.379 e. The molecule has 0 radical (unpaired) electrons. The number of hydrogen-bond donors (Lipinski definition) is 1. The van der Waals surface area contributed by atoms with Gasteiger partial charge in [-0.05, 0) is 32.9 Å². The van der Waals surface area contributed by atoms with Crippen molar-refractivity contribution in [3.8, 4) is 0 Å². The highest BCUT2D eigenvalue weighted by molar-refractivity contribution is 5.16. The van der Waals surface area contributed by atoms with E-state index in [0.29, 0.717) is 6.04 Å². The standard InChI is InChI=1S/C16H28N4O/c1-14(12-19-7-9-21-10-8-19)20-13-18-11-15(20)16(2)3-5-17-6-4-16/h11,13-14,17H,3-10,12H2,1-2H3. The number of piperidine rings is 1. The maximum Gasteiger partial charge on any atom is 0.0951 e. The van der Waals surface area contributed by atoms with Crippen molar-refractivity contribution in [2.45, 2.75) is 38.1 Å². The smallest absolute Gasteiger partial charge is 0.0951 e. The molecule has 3 heterocycles. The third-order valence-corrected chi connectivity index (χ3v) is 5.09. The summed E-state index contributed by atoms with van der Waals surface area (Å²) in [4.78, 5) is 6.96. The third-order valence-electron chi connectivity index (χ3n) is 5.09. The van der Waals surface area contributed by atoms with Crippen LogP contribution in [0.25, 0.3) is 0 Å². The Balaban J connectivity index is 1.71. The van der Waals surface area contributed by atoms with Gasteiger partial charge in [-0.25, -0.2) is 4.98 Å². The molecule has 0 aromatic carbocycles. The van der Waals surface area contributed by atoms with Gasteiger partial charge in [0.25, 0.3) is 0 Å². The second-order valence-corrected chi connectivity index (χ2v) is 6.76. The van der Waals surface area contributed by atoms with Crippen LogP contribution in [0, 0.1) is 0 Å². The molecule has 5 heteroatoms. The first-order chi connectivity index (χ1) is 10.2. The first-order valence-corrected chi connectivity index (χ1v) is 8.22. The molecule has 2 aliphatic rings. The van der Waals surface area contributed by atoms with Gasteiger partial charge in [-0.3, -0.25) is 4.90 Å². The minimum absolute atomic E-state index is 0.265. The lowest BCUT2D eigenvalue weighted by atomic mass is 9.78. The van der Waals surface area contributed by atoms with Gasteiger partial charge < -0.3 is 14.6 Å². The lowest BCUT2D eigenvalue weighted by Crippen LogP contribution is -2.41. The summed E-state index contributed by atoms with van der Waals surface area (Å²) >= 11 is 0. The van der Waals surface area contributed by atoms with E-state index in [1.165, 1.54) is 18.5 Å². The molecular weight excluding hydrogens is 264 g/mol. The molecule has 0 bridgehead atoms. The Bertz CT molecular complexity index is 447. The maximum atomic E-state index is 5.44. The van der Waals surface area contributed by atoms with Crippen molar-refractivity contribution in [2.75, 3.05) is 45.9 Å². The molecule has 2 fully saturated rings. The van der Waals surface area contributed by atoms with E-state index in [9.17, 15) is 0 Å². The number of aromatic nitrogens is 2. The van der Waals surface area contributed by atoms with E-state index >= 15 is 0 Å². The molecule has 1 aromatic rings. The van der Waals surface area contributed by atoms with Crippen LogP contribution in [0.4, 0.5) is 0 Å². The Hall–Kier alpha value is -0.910. The average molecular weight is 292 g/mol. The van der Waals surface area contributed by atoms with Crippen molar-refractivity contribution in [1.29, 1.82) is 0 Å². The predicted octanol–water partition coefficient (Wildman–Crippen LogP) is 1.42. The van der Waals surface area contributed by atoms with Crippen LogP contribution in [0.5, 0.6) is 0 Å². The second kappa shape index (κ2) is 6.46. The van der Waals surface area contributed by atoms with E-state index in [4.69, 9.17) is 4.74 Å². The Morgan fingerprint density at radius 2 is 2.05 bits per heavy atom. The summed E-state index contributed by atoms with van der Waals surface area (Å²) in [5.74, 6) is 0. The first kappa shape index (κ1) is 15.0. The quantitative estimate of drug-likeness (QED) is 0.911. The molecule has 5 nitrogen and oxygen atoms in total. The fourth-order valence-electron chi connectivity index (χ4n) is 3.60. The highest BCUT2D eigenvalue weighted by atomic mass is 16.5. The molecule has 118 valence electrons. The van der Waals surface area contributed by atoms with Crippen molar-refractivity contribution in [2.24, 2.45) is 0 Å². The summed E-state index contributed by atoms with van der Waals surface area (Å²) in [5, 5.41) is 3.46. The molecule has 0 spiro atoms. The topological polar surface area (TPSA) is 42.3 Å². The highest BCUT2D eigenvalue weighted by Crippen LogP contribution is 2.34. The number of nitrogens with zero attached hydrogens (tertiary/aromatic N) is 3. The Kier molecular flexibility index (Phi) is 4.62. The van der Waals surface area contributed by atoms with Crippen LogP contribution < -0.4 is 5.32 Å². The van der Waals surface area contributed by atoms with Crippen molar-refractivity contribution >= 4 is 0 Å². The molecule has 0 saturated carbocycles. The SMILES string of the molecule is CC(CN1CCOCC1)n1cncc1C1(C)CCNCC1. The summed E-state index contributed by atoms with van der Waals surface area (Å²) in [6.07, 6.45) is 6.50. The average Bonchev–Trinajstić information content (AvgIpc) is 2.99. The monoisotopic (exact) mass is 292 g/mol. The van der Waals surface area contributed by atoms with Gasteiger partial charge in [-0.15, -0.1) is 0 Å². The van der Waals surface area contributed by atoms with Crippen molar-refractivity contribution < 1.29 is 4.74 Å². The number of hydrogen-bond acceptors (Lipinski definition) is 4. The van der Waals surface area contributed by atoms with E-state index in [1.54, 1.807) is 0 Å². The molecule has 2 aliphatic heterocycles. The van der Waals surface area contributed by atoms with E-state index in [1.807, 2.05) is 6.33 Å². The molecule has 2 saturated heterocycles. The summed E-state index contributed by atoms with van der Waals surface area (Å²) in [6.45, 7) is 11.8. The molecule has 3 rings (SSSR count). The van der Waals surface area contributed by atoms with Gasteiger partial charge >= 0.3 is 0 Å². The van der Waals surface area contributed by atoms with Gasteiger partial charge in [-0.2, -0.15) is 0 Å². The highest BCUT2D eigenvalue weighted by Gasteiger charge is 2.32. The fraction of sp³-hybridized carbons (Fsp3) is 0.812. The van der Waals surface area contributed by atoms with Crippen LogP contribution >= 0.6 is 0 Å².